The van der Waals surface area contributed by atoms with E-state index in [2.05, 4.69) is 15.2 Å². The van der Waals surface area contributed by atoms with Crippen molar-refractivity contribution in [2.24, 2.45) is 0 Å². The van der Waals surface area contributed by atoms with Crippen LogP contribution in [0.5, 0.6) is 0 Å². The van der Waals surface area contributed by atoms with Crippen molar-refractivity contribution in [2.45, 2.75) is 30.6 Å². The highest BCUT2D eigenvalue weighted by atomic mass is 32.2. The van der Waals surface area contributed by atoms with Crippen LogP contribution in [0.15, 0.2) is 101 Å². The van der Waals surface area contributed by atoms with E-state index in [-0.39, 0.29) is 4.90 Å². The average molecular weight is 534 g/mol. The highest BCUT2D eigenvalue weighted by molar-refractivity contribution is 7.90. The Morgan fingerprint density at radius 3 is 2.36 bits per heavy atom. The molecule has 3 aromatic carbocycles. The Balaban J connectivity index is 1.40. The van der Waals surface area contributed by atoms with Crippen LogP contribution in [0.2, 0.25) is 0 Å². The topological polar surface area (TPSA) is 104 Å². The lowest BCUT2D eigenvalue weighted by Gasteiger charge is -2.08. The third-order valence-corrected chi connectivity index (χ3v) is 8.65. The van der Waals surface area contributed by atoms with Crippen LogP contribution in [0.4, 0.5) is 0 Å². The van der Waals surface area contributed by atoms with Crippen LogP contribution in [0.3, 0.4) is 0 Å². The summed E-state index contributed by atoms with van der Waals surface area (Å²) in [5.74, 6) is 1.16. The van der Waals surface area contributed by atoms with E-state index < -0.39 is 10.0 Å². The zero-order valence-electron chi connectivity index (χ0n) is 21.0. The van der Waals surface area contributed by atoms with E-state index in [1.54, 1.807) is 55.0 Å². The van der Waals surface area contributed by atoms with E-state index in [0.29, 0.717) is 45.4 Å². The van der Waals surface area contributed by atoms with Crippen LogP contribution >= 0.6 is 0 Å². The molecule has 0 aliphatic heterocycles. The Kier molecular flexibility index (Phi) is 5.41. The van der Waals surface area contributed by atoms with Crippen LogP contribution in [-0.2, 0) is 10.0 Å². The van der Waals surface area contributed by atoms with Gasteiger partial charge < -0.3 is 4.42 Å². The lowest BCUT2D eigenvalue weighted by Crippen LogP contribution is -2.11. The molecule has 0 N–H and O–H groups in total. The van der Waals surface area contributed by atoms with Crippen LogP contribution < -0.4 is 0 Å². The van der Waals surface area contributed by atoms with E-state index in [4.69, 9.17) is 9.40 Å². The second kappa shape index (κ2) is 8.99. The minimum Gasteiger partial charge on any atom is -0.416 e. The minimum absolute atomic E-state index is 0.211. The van der Waals surface area contributed by atoms with Gasteiger partial charge in [0.25, 0.3) is 10.0 Å². The molecule has 0 amide bonds. The molecule has 9 heteroatoms. The molecule has 6 aromatic rings. The fraction of sp³-hybridized carbons (Fsp3) is 0.133. The summed E-state index contributed by atoms with van der Waals surface area (Å²) in [6, 6.07) is 21.8. The number of aryl methyl sites for hydroxylation is 1. The number of fused-ring (bicyclic) bond motifs is 1. The van der Waals surface area contributed by atoms with Gasteiger partial charge >= 0.3 is 0 Å². The molecule has 0 saturated heterocycles. The Labute approximate surface area is 225 Å². The Bertz CT molecular complexity index is 1940. The molecule has 0 unspecified atom stereocenters. The molecule has 192 valence electrons. The second-order valence-electron chi connectivity index (χ2n) is 9.77. The molecule has 1 fully saturated rings. The van der Waals surface area contributed by atoms with E-state index in [1.807, 2.05) is 43.3 Å². The van der Waals surface area contributed by atoms with Crippen molar-refractivity contribution in [2.75, 3.05) is 0 Å². The smallest absolute Gasteiger partial charge is 0.268 e. The third-order valence-electron chi connectivity index (χ3n) is 6.97. The number of hydrogen-bond donors (Lipinski definition) is 0. The van der Waals surface area contributed by atoms with E-state index in [1.165, 1.54) is 3.97 Å². The van der Waals surface area contributed by atoms with E-state index in [0.717, 1.165) is 29.7 Å². The lowest BCUT2D eigenvalue weighted by molar-refractivity contribution is 0.584. The number of rotatable bonds is 6. The number of aromatic nitrogens is 5. The largest absolute Gasteiger partial charge is 0.416 e. The van der Waals surface area contributed by atoms with Crippen molar-refractivity contribution in [3.8, 4) is 34.2 Å². The quantitative estimate of drug-likeness (QED) is 0.250. The third kappa shape index (κ3) is 4.21. The molecule has 0 radical (unpaired) electrons. The Morgan fingerprint density at radius 1 is 0.872 bits per heavy atom. The van der Waals surface area contributed by atoms with Crippen LogP contribution in [0, 0.1) is 6.92 Å². The normalized spacial score (nSPS) is 13.7. The molecule has 0 atom stereocenters. The maximum atomic E-state index is 13.8. The molecule has 39 heavy (non-hydrogen) atoms. The molecule has 3 heterocycles. The molecule has 0 spiro atoms. The van der Waals surface area contributed by atoms with Crippen LogP contribution in [-0.4, -0.2) is 32.6 Å². The molecule has 8 nitrogen and oxygen atoms in total. The fourth-order valence-corrected chi connectivity index (χ4v) is 6.05. The van der Waals surface area contributed by atoms with Gasteiger partial charge in [-0.1, -0.05) is 35.9 Å². The van der Waals surface area contributed by atoms with Gasteiger partial charge in [0.1, 0.15) is 0 Å². The summed E-state index contributed by atoms with van der Waals surface area (Å²) >= 11 is 0. The Hall–Kier alpha value is -4.63. The van der Waals surface area contributed by atoms with Crippen molar-refractivity contribution in [3.05, 3.63) is 103 Å². The lowest BCUT2D eigenvalue weighted by atomic mass is 10.1. The van der Waals surface area contributed by atoms with Gasteiger partial charge in [0, 0.05) is 40.4 Å². The molecule has 3 aromatic heterocycles. The van der Waals surface area contributed by atoms with Crippen molar-refractivity contribution >= 4 is 20.9 Å². The fourth-order valence-electron chi connectivity index (χ4n) is 4.68. The SMILES string of the molecule is Cc1ccc(S(=O)(=O)n2cc(-c3cncc(C4CC4)n3)c3cc(-c4nnc(-c5ccccc5)o4)ccc32)cc1. The van der Waals surface area contributed by atoms with Gasteiger partial charge in [0.05, 0.1) is 28.0 Å². The van der Waals surface area contributed by atoms with E-state index in [9.17, 15) is 8.42 Å². The highest BCUT2D eigenvalue weighted by Crippen LogP contribution is 2.40. The monoisotopic (exact) mass is 533 g/mol. The van der Waals surface area contributed by atoms with Crippen LogP contribution in [0.1, 0.15) is 30.0 Å². The predicted molar refractivity (Wildman–Crippen MR) is 147 cm³/mol. The highest BCUT2D eigenvalue weighted by Gasteiger charge is 2.27. The first-order valence-electron chi connectivity index (χ1n) is 12.7. The maximum Gasteiger partial charge on any atom is 0.268 e. The second-order valence-corrected chi connectivity index (χ2v) is 11.6. The van der Waals surface area contributed by atoms with Crippen molar-refractivity contribution in [1.82, 2.24) is 24.1 Å². The van der Waals surface area contributed by atoms with Crippen molar-refractivity contribution in [1.29, 1.82) is 0 Å². The molecule has 0 bridgehead atoms. The van der Waals surface area contributed by atoms with Crippen molar-refractivity contribution < 1.29 is 12.8 Å². The van der Waals surface area contributed by atoms with Gasteiger partial charge in [-0.15, -0.1) is 10.2 Å². The summed E-state index contributed by atoms with van der Waals surface area (Å²) in [5.41, 5.74) is 5.22. The first kappa shape index (κ1) is 23.5. The standard InChI is InChI=1S/C30H23N5O3S/c1-19-7-12-23(13-8-19)39(36,37)35-18-25(27-17-31-16-26(32-27)20-9-10-20)24-15-22(11-14-28(24)35)30-34-33-29(38-30)21-5-3-2-4-6-21/h2-8,11-18,20H,9-10H2,1H3. The molecule has 1 aliphatic carbocycles. The zero-order valence-corrected chi connectivity index (χ0v) is 21.8. The van der Waals surface area contributed by atoms with Crippen molar-refractivity contribution in [3.63, 3.8) is 0 Å². The van der Waals surface area contributed by atoms with Gasteiger partial charge in [-0.3, -0.25) is 4.98 Å². The van der Waals surface area contributed by atoms with Gasteiger partial charge in [-0.2, -0.15) is 0 Å². The van der Waals surface area contributed by atoms with Gasteiger partial charge in [-0.25, -0.2) is 17.4 Å². The predicted octanol–water partition coefficient (Wildman–Crippen LogP) is 6.24. The van der Waals surface area contributed by atoms with Gasteiger partial charge in [-0.05, 0) is 62.2 Å². The molecule has 1 saturated carbocycles. The summed E-state index contributed by atoms with van der Waals surface area (Å²) in [5, 5.41) is 9.17. The minimum atomic E-state index is -3.88. The number of benzene rings is 3. The summed E-state index contributed by atoms with van der Waals surface area (Å²) in [6.45, 7) is 1.92. The molecular formula is C30H23N5O3S. The number of nitrogens with zero attached hydrogens (tertiary/aromatic N) is 5. The molecule has 1 aliphatic rings. The van der Waals surface area contributed by atoms with Crippen LogP contribution in [0.25, 0.3) is 45.1 Å². The average Bonchev–Trinajstić information content (AvgIpc) is 3.57. The summed E-state index contributed by atoms with van der Waals surface area (Å²) in [6.07, 6.45) is 7.28. The van der Waals surface area contributed by atoms with E-state index >= 15 is 0 Å². The van der Waals surface area contributed by atoms with Gasteiger partial charge in [0.15, 0.2) is 0 Å². The zero-order chi connectivity index (χ0) is 26.6. The number of hydrogen-bond acceptors (Lipinski definition) is 7. The summed E-state index contributed by atoms with van der Waals surface area (Å²) in [7, 11) is -3.88. The molecule has 7 rings (SSSR count). The summed E-state index contributed by atoms with van der Waals surface area (Å²) < 4.78 is 34.9. The van der Waals surface area contributed by atoms with Gasteiger partial charge in [0.2, 0.25) is 11.8 Å². The maximum absolute atomic E-state index is 13.8. The molecular weight excluding hydrogens is 510 g/mol. The summed E-state index contributed by atoms with van der Waals surface area (Å²) in [4.78, 5) is 9.49. The first-order chi connectivity index (χ1) is 19.0. The first-order valence-corrected chi connectivity index (χ1v) is 14.1. The Morgan fingerprint density at radius 2 is 1.62 bits per heavy atom.